The summed E-state index contributed by atoms with van der Waals surface area (Å²) < 4.78 is 0. The van der Waals surface area contributed by atoms with E-state index in [1.54, 1.807) is 6.08 Å². The lowest BCUT2D eigenvalue weighted by Gasteiger charge is -2.06. The molecule has 0 fully saturated rings. The van der Waals surface area contributed by atoms with E-state index in [0.29, 0.717) is 6.42 Å². The van der Waals surface area contributed by atoms with Crippen LogP contribution in [0.3, 0.4) is 0 Å². The van der Waals surface area contributed by atoms with Crippen molar-refractivity contribution in [2.24, 2.45) is 0 Å². The number of phenols is 2. The minimum absolute atomic E-state index is 0.0360. The maximum absolute atomic E-state index is 11.3. The van der Waals surface area contributed by atoms with Crippen molar-refractivity contribution in [2.75, 3.05) is 0 Å². The van der Waals surface area contributed by atoms with Crippen LogP contribution in [0.2, 0.25) is 0 Å². The molecule has 0 amide bonds. The standard InChI is InChI=1S/C16H22O4/c1-2-3-4-5-6-7-8-13(16(19)20)14-11-12(17)9-10-15(14)18/h8-11,17-18H,2-7H2,1H3,(H,19,20)/b13-8-. The van der Waals surface area contributed by atoms with Crippen LogP contribution in [0.4, 0.5) is 0 Å². The van der Waals surface area contributed by atoms with E-state index in [-0.39, 0.29) is 22.6 Å². The van der Waals surface area contributed by atoms with Crippen molar-refractivity contribution in [2.45, 2.75) is 45.4 Å². The predicted molar refractivity (Wildman–Crippen MR) is 78.8 cm³/mol. The molecule has 1 aromatic carbocycles. The van der Waals surface area contributed by atoms with Crippen LogP contribution in [0.5, 0.6) is 11.5 Å². The van der Waals surface area contributed by atoms with Gasteiger partial charge in [-0.15, -0.1) is 0 Å². The topological polar surface area (TPSA) is 77.8 Å². The molecule has 0 spiro atoms. The molecule has 0 unspecified atom stereocenters. The van der Waals surface area contributed by atoms with E-state index in [0.717, 1.165) is 19.3 Å². The second-order valence-corrected chi connectivity index (χ2v) is 4.83. The number of carboxylic acid groups (broad SMARTS) is 1. The molecule has 4 heteroatoms. The smallest absolute Gasteiger partial charge is 0.336 e. The van der Waals surface area contributed by atoms with Crippen molar-refractivity contribution in [3.63, 3.8) is 0 Å². The van der Waals surface area contributed by atoms with Gasteiger partial charge in [0, 0.05) is 5.56 Å². The van der Waals surface area contributed by atoms with E-state index in [1.165, 1.54) is 31.0 Å². The first-order valence-electron chi connectivity index (χ1n) is 7.02. The third-order valence-electron chi connectivity index (χ3n) is 3.16. The van der Waals surface area contributed by atoms with Crippen molar-refractivity contribution < 1.29 is 20.1 Å². The first-order chi connectivity index (χ1) is 9.56. The highest BCUT2D eigenvalue weighted by Crippen LogP contribution is 2.29. The summed E-state index contributed by atoms with van der Waals surface area (Å²) in [6.07, 6.45) is 7.79. The van der Waals surface area contributed by atoms with Crippen LogP contribution in [-0.4, -0.2) is 21.3 Å². The molecule has 0 heterocycles. The Labute approximate surface area is 119 Å². The lowest BCUT2D eigenvalue weighted by molar-refractivity contribution is -0.130. The van der Waals surface area contributed by atoms with Gasteiger partial charge in [-0.05, 0) is 31.0 Å². The molecular weight excluding hydrogens is 256 g/mol. The first kappa shape index (κ1) is 16.1. The zero-order chi connectivity index (χ0) is 15.0. The summed E-state index contributed by atoms with van der Waals surface area (Å²) in [6.45, 7) is 2.15. The molecule has 0 saturated carbocycles. The second-order valence-electron chi connectivity index (χ2n) is 4.83. The summed E-state index contributed by atoms with van der Waals surface area (Å²) in [5.41, 5.74) is 0.194. The Balaban J connectivity index is 2.73. The maximum Gasteiger partial charge on any atom is 0.336 e. The molecule has 3 N–H and O–H groups in total. The van der Waals surface area contributed by atoms with Gasteiger partial charge in [0.1, 0.15) is 11.5 Å². The SMILES string of the molecule is CCCCCCC/C=C(\C(=O)O)c1cc(O)ccc1O. The van der Waals surface area contributed by atoms with E-state index in [1.807, 2.05) is 0 Å². The fraction of sp³-hybridized carbons (Fsp3) is 0.438. The molecule has 0 saturated heterocycles. The van der Waals surface area contributed by atoms with Crippen LogP contribution in [0.1, 0.15) is 51.0 Å². The highest BCUT2D eigenvalue weighted by Gasteiger charge is 2.14. The van der Waals surface area contributed by atoms with Gasteiger partial charge in [0.05, 0.1) is 5.57 Å². The number of carboxylic acids is 1. The van der Waals surface area contributed by atoms with Crippen molar-refractivity contribution in [3.05, 3.63) is 29.8 Å². The molecule has 1 rings (SSSR count). The van der Waals surface area contributed by atoms with Gasteiger partial charge in [0.25, 0.3) is 0 Å². The highest BCUT2D eigenvalue weighted by atomic mass is 16.4. The van der Waals surface area contributed by atoms with E-state index >= 15 is 0 Å². The van der Waals surface area contributed by atoms with Crippen molar-refractivity contribution in [1.82, 2.24) is 0 Å². The van der Waals surface area contributed by atoms with Crippen LogP contribution >= 0.6 is 0 Å². The van der Waals surface area contributed by atoms with Crippen LogP contribution in [0.15, 0.2) is 24.3 Å². The van der Waals surface area contributed by atoms with Crippen LogP contribution in [0.25, 0.3) is 5.57 Å². The van der Waals surface area contributed by atoms with Crippen molar-refractivity contribution in [3.8, 4) is 11.5 Å². The largest absolute Gasteiger partial charge is 0.508 e. The molecule has 20 heavy (non-hydrogen) atoms. The summed E-state index contributed by atoms with van der Waals surface area (Å²) in [6, 6.07) is 3.89. The molecule has 0 radical (unpaired) electrons. The number of hydrogen-bond acceptors (Lipinski definition) is 3. The molecule has 0 aliphatic carbocycles. The number of hydrogen-bond donors (Lipinski definition) is 3. The van der Waals surface area contributed by atoms with E-state index in [2.05, 4.69) is 6.92 Å². The molecule has 0 atom stereocenters. The van der Waals surface area contributed by atoms with Gasteiger partial charge in [0.2, 0.25) is 0 Å². The summed E-state index contributed by atoms with van der Waals surface area (Å²) >= 11 is 0. The zero-order valence-corrected chi connectivity index (χ0v) is 11.8. The molecule has 110 valence electrons. The number of aliphatic carboxylic acids is 1. The lowest BCUT2D eigenvalue weighted by atomic mass is 10.0. The third kappa shape index (κ3) is 4.96. The van der Waals surface area contributed by atoms with Gasteiger partial charge >= 0.3 is 5.97 Å². The Morgan fingerprint density at radius 3 is 2.50 bits per heavy atom. The number of rotatable bonds is 8. The number of aromatic hydroxyl groups is 2. The van der Waals surface area contributed by atoms with Gasteiger partial charge in [-0.1, -0.05) is 38.7 Å². The van der Waals surface area contributed by atoms with E-state index in [4.69, 9.17) is 0 Å². The summed E-state index contributed by atoms with van der Waals surface area (Å²) in [5.74, 6) is -1.30. The third-order valence-corrected chi connectivity index (χ3v) is 3.16. The fourth-order valence-corrected chi connectivity index (χ4v) is 2.05. The van der Waals surface area contributed by atoms with E-state index in [9.17, 15) is 20.1 Å². The average Bonchev–Trinajstić information content (AvgIpc) is 2.41. The van der Waals surface area contributed by atoms with Crippen molar-refractivity contribution >= 4 is 11.5 Å². The molecule has 0 aromatic heterocycles. The Kier molecular flexibility index (Phi) is 6.64. The quantitative estimate of drug-likeness (QED) is 0.382. The Hall–Kier alpha value is -1.97. The van der Waals surface area contributed by atoms with Gasteiger partial charge in [-0.3, -0.25) is 0 Å². The lowest BCUT2D eigenvalue weighted by Crippen LogP contribution is -2.00. The average molecular weight is 278 g/mol. The monoisotopic (exact) mass is 278 g/mol. The Bertz CT molecular complexity index is 477. The normalized spacial score (nSPS) is 11.6. The van der Waals surface area contributed by atoms with Gasteiger partial charge < -0.3 is 15.3 Å². The van der Waals surface area contributed by atoms with Crippen LogP contribution in [0, 0.1) is 0 Å². The van der Waals surface area contributed by atoms with Gasteiger partial charge in [-0.2, -0.15) is 0 Å². The van der Waals surface area contributed by atoms with Crippen LogP contribution < -0.4 is 0 Å². The minimum Gasteiger partial charge on any atom is -0.508 e. The Morgan fingerprint density at radius 1 is 1.15 bits per heavy atom. The molecule has 0 bridgehead atoms. The summed E-state index contributed by atoms with van der Waals surface area (Å²) in [5, 5.41) is 28.3. The maximum atomic E-state index is 11.3. The predicted octanol–water partition coefficient (Wildman–Crippen LogP) is 3.93. The molecule has 1 aromatic rings. The molecule has 0 aliphatic rings. The summed E-state index contributed by atoms with van der Waals surface area (Å²) in [4.78, 5) is 11.3. The van der Waals surface area contributed by atoms with Crippen LogP contribution in [-0.2, 0) is 4.79 Å². The van der Waals surface area contributed by atoms with Crippen molar-refractivity contribution in [1.29, 1.82) is 0 Å². The number of allylic oxidation sites excluding steroid dienone is 1. The molecule has 4 nitrogen and oxygen atoms in total. The number of unbranched alkanes of at least 4 members (excludes halogenated alkanes) is 5. The number of benzene rings is 1. The minimum atomic E-state index is -1.10. The van der Waals surface area contributed by atoms with Gasteiger partial charge in [-0.25, -0.2) is 4.79 Å². The molecule has 0 aliphatic heterocycles. The Morgan fingerprint density at radius 2 is 1.85 bits per heavy atom. The zero-order valence-electron chi connectivity index (χ0n) is 11.8. The first-order valence-corrected chi connectivity index (χ1v) is 7.02. The van der Waals surface area contributed by atoms with Gasteiger partial charge in [0.15, 0.2) is 0 Å². The number of carbonyl (C=O) groups is 1. The molecular formula is C16H22O4. The van der Waals surface area contributed by atoms with E-state index < -0.39 is 5.97 Å². The fourth-order valence-electron chi connectivity index (χ4n) is 2.05. The highest BCUT2D eigenvalue weighted by molar-refractivity contribution is 6.16. The number of phenolic OH excluding ortho intramolecular Hbond substituents is 2. The second kappa shape index (κ2) is 8.25. The summed E-state index contributed by atoms with van der Waals surface area (Å²) in [7, 11) is 0.